The quantitative estimate of drug-likeness (QED) is 0.705. The van der Waals surface area contributed by atoms with Crippen molar-refractivity contribution in [3.8, 4) is 0 Å². The Morgan fingerprint density at radius 2 is 2.27 bits per heavy atom. The fourth-order valence-corrected chi connectivity index (χ4v) is 2.25. The lowest BCUT2D eigenvalue weighted by molar-refractivity contribution is -0.135. The van der Waals surface area contributed by atoms with Gasteiger partial charge in [-0.3, -0.25) is 9.69 Å². The highest BCUT2D eigenvalue weighted by atomic mass is 16.2. The Bertz CT molecular complexity index is 222. The van der Waals surface area contributed by atoms with Crippen LogP contribution in [-0.2, 0) is 4.79 Å². The molecule has 0 radical (unpaired) electrons. The number of likely N-dealkylation sites (tertiary alicyclic amines) is 1. The third-order valence-corrected chi connectivity index (χ3v) is 3.31. The van der Waals surface area contributed by atoms with Gasteiger partial charge in [0.1, 0.15) is 0 Å². The smallest absolute Gasteiger partial charge is 0.236 e. The van der Waals surface area contributed by atoms with Crippen molar-refractivity contribution in [2.75, 3.05) is 39.8 Å². The number of rotatable bonds is 4. The van der Waals surface area contributed by atoms with Gasteiger partial charge in [-0.1, -0.05) is 0 Å². The number of carbonyl (C=O) groups excluding carboxylic acids is 1. The van der Waals surface area contributed by atoms with Crippen molar-refractivity contribution in [2.45, 2.75) is 25.3 Å². The third kappa shape index (κ3) is 2.92. The SMILES string of the molecule is CN(CC(=O)N1CCC1)CC1CCCN1. The molecule has 2 aliphatic rings. The zero-order chi connectivity index (χ0) is 10.7. The Labute approximate surface area is 91.6 Å². The summed E-state index contributed by atoms with van der Waals surface area (Å²) in [5.41, 5.74) is 0. The first-order chi connectivity index (χ1) is 7.25. The standard InChI is InChI=1S/C11H21N3O/c1-13(8-10-4-2-5-12-10)9-11(15)14-6-3-7-14/h10,12H,2-9H2,1H3. The molecule has 1 amide bonds. The number of nitrogens with zero attached hydrogens (tertiary/aromatic N) is 2. The Hall–Kier alpha value is -0.610. The largest absolute Gasteiger partial charge is 0.341 e. The molecular weight excluding hydrogens is 190 g/mol. The summed E-state index contributed by atoms with van der Waals surface area (Å²) in [4.78, 5) is 15.8. The topological polar surface area (TPSA) is 35.6 Å². The second-order valence-corrected chi connectivity index (χ2v) is 4.72. The predicted octanol–water partition coefficient (Wildman–Crippen LogP) is -0.0975. The van der Waals surface area contributed by atoms with Gasteiger partial charge in [0, 0.05) is 25.7 Å². The van der Waals surface area contributed by atoms with E-state index in [0.29, 0.717) is 18.5 Å². The maximum atomic E-state index is 11.7. The molecule has 1 N–H and O–H groups in total. The number of hydrogen-bond donors (Lipinski definition) is 1. The normalized spacial score (nSPS) is 25.7. The summed E-state index contributed by atoms with van der Waals surface area (Å²) in [5, 5.41) is 3.45. The van der Waals surface area contributed by atoms with E-state index in [1.165, 1.54) is 19.3 Å². The Balaban J connectivity index is 1.66. The van der Waals surface area contributed by atoms with Gasteiger partial charge in [0.05, 0.1) is 6.54 Å². The van der Waals surface area contributed by atoms with Crippen LogP contribution in [0.5, 0.6) is 0 Å². The van der Waals surface area contributed by atoms with Gasteiger partial charge in [-0.15, -0.1) is 0 Å². The molecule has 4 nitrogen and oxygen atoms in total. The molecule has 0 bridgehead atoms. The summed E-state index contributed by atoms with van der Waals surface area (Å²) in [7, 11) is 2.04. The van der Waals surface area contributed by atoms with Gasteiger partial charge in [-0.2, -0.15) is 0 Å². The lowest BCUT2D eigenvalue weighted by Gasteiger charge is -2.32. The average Bonchev–Trinajstić information content (AvgIpc) is 2.52. The van der Waals surface area contributed by atoms with Gasteiger partial charge in [-0.25, -0.2) is 0 Å². The molecule has 0 spiro atoms. The van der Waals surface area contributed by atoms with Crippen molar-refractivity contribution in [1.29, 1.82) is 0 Å². The van der Waals surface area contributed by atoms with E-state index < -0.39 is 0 Å². The maximum Gasteiger partial charge on any atom is 0.236 e. The summed E-state index contributed by atoms with van der Waals surface area (Å²) < 4.78 is 0. The maximum absolute atomic E-state index is 11.7. The number of likely N-dealkylation sites (N-methyl/N-ethyl adjacent to an activating group) is 1. The second kappa shape index (κ2) is 4.94. The molecule has 2 saturated heterocycles. The first-order valence-corrected chi connectivity index (χ1v) is 5.95. The van der Waals surface area contributed by atoms with Crippen LogP contribution in [0.15, 0.2) is 0 Å². The average molecular weight is 211 g/mol. The van der Waals surface area contributed by atoms with Crippen molar-refractivity contribution in [3.05, 3.63) is 0 Å². The van der Waals surface area contributed by atoms with Crippen LogP contribution in [0.3, 0.4) is 0 Å². The number of carbonyl (C=O) groups is 1. The van der Waals surface area contributed by atoms with E-state index in [-0.39, 0.29) is 0 Å². The molecule has 86 valence electrons. The summed E-state index contributed by atoms with van der Waals surface area (Å²) in [5.74, 6) is 0.293. The molecular formula is C11H21N3O. The van der Waals surface area contributed by atoms with Crippen molar-refractivity contribution < 1.29 is 4.79 Å². The Morgan fingerprint density at radius 1 is 1.47 bits per heavy atom. The van der Waals surface area contributed by atoms with Gasteiger partial charge >= 0.3 is 0 Å². The van der Waals surface area contributed by atoms with Gasteiger partial charge in [0.2, 0.25) is 5.91 Å². The molecule has 0 aromatic carbocycles. The molecule has 1 unspecified atom stereocenters. The van der Waals surface area contributed by atoms with Crippen LogP contribution < -0.4 is 5.32 Å². The molecule has 2 fully saturated rings. The van der Waals surface area contributed by atoms with E-state index in [2.05, 4.69) is 10.2 Å². The lowest BCUT2D eigenvalue weighted by Crippen LogP contribution is -2.48. The molecule has 15 heavy (non-hydrogen) atoms. The van der Waals surface area contributed by atoms with E-state index in [1.54, 1.807) is 0 Å². The van der Waals surface area contributed by atoms with Crippen molar-refractivity contribution in [3.63, 3.8) is 0 Å². The minimum absolute atomic E-state index is 0.293. The van der Waals surface area contributed by atoms with Crippen LogP contribution in [0.1, 0.15) is 19.3 Å². The summed E-state index contributed by atoms with van der Waals surface area (Å²) in [6.45, 7) is 4.65. The summed E-state index contributed by atoms with van der Waals surface area (Å²) in [6, 6.07) is 0.596. The van der Waals surface area contributed by atoms with Crippen LogP contribution in [0.2, 0.25) is 0 Å². The fraction of sp³-hybridized carbons (Fsp3) is 0.909. The van der Waals surface area contributed by atoms with Gasteiger partial charge in [0.15, 0.2) is 0 Å². The first-order valence-electron chi connectivity index (χ1n) is 5.95. The van der Waals surface area contributed by atoms with Gasteiger partial charge < -0.3 is 10.2 Å². The van der Waals surface area contributed by atoms with Crippen LogP contribution in [0.25, 0.3) is 0 Å². The minimum atomic E-state index is 0.293. The van der Waals surface area contributed by atoms with E-state index in [0.717, 1.165) is 26.2 Å². The highest BCUT2D eigenvalue weighted by Gasteiger charge is 2.22. The highest BCUT2D eigenvalue weighted by Crippen LogP contribution is 2.08. The molecule has 0 aliphatic carbocycles. The summed E-state index contributed by atoms with van der Waals surface area (Å²) in [6.07, 6.45) is 3.71. The minimum Gasteiger partial charge on any atom is -0.341 e. The molecule has 1 atom stereocenters. The van der Waals surface area contributed by atoms with Gasteiger partial charge in [0.25, 0.3) is 0 Å². The van der Waals surface area contributed by atoms with Crippen LogP contribution in [0.4, 0.5) is 0 Å². The molecule has 0 saturated carbocycles. The molecule has 0 aromatic rings. The molecule has 0 aromatic heterocycles. The zero-order valence-electron chi connectivity index (χ0n) is 9.54. The predicted molar refractivity (Wildman–Crippen MR) is 59.7 cm³/mol. The number of hydrogen-bond acceptors (Lipinski definition) is 3. The van der Waals surface area contributed by atoms with Crippen molar-refractivity contribution in [2.24, 2.45) is 0 Å². The van der Waals surface area contributed by atoms with E-state index >= 15 is 0 Å². The van der Waals surface area contributed by atoms with Crippen LogP contribution in [-0.4, -0.2) is 61.5 Å². The fourth-order valence-electron chi connectivity index (χ4n) is 2.25. The van der Waals surface area contributed by atoms with E-state index in [9.17, 15) is 4.79 Å². The molecule has 4 heteroatoms. The lowest BCUT2D eigenvalue weighted by atomic mass is 10.2. The van der Waals surface area contributed by atoms with Crippen molar-refractivity contribution >= 4 is 5.91 Å². The monoisotopic (exact) mass is 211 g/mol. The first kappa shape index (κ1) is 10.9. The van der Waals surface area contributed by atoms with Gasteiger partial charge in [-0.05, 0) is 32.9 Å². The van der Waals surface area contributed by atoms with Crippen molar-refractivity contribution in [1.82, 2.24) is 15.1 Å². The zero-order valence-corrected chi connectivity index (χ0v) is 9.54. The molecule has 2 heterocycles. The Morgan fingerprint density at radius 3 is 2.80 bits per heavy atom. The molecule has 2 aliphatic heterocycles. The second-order valence-electron chi connectivity index (χ2n) is 4.72. The van der Waals surface area contributed by atoms with Crippen LogP contribution >= 0.6 is 0 Å². The third-order valence-electron chi connectivity index (χ3n) is 3.31. The Kier molecular flexibility index (Phi) is 3.59. The van der Waals surface area contributed by atoms with E-state index in [4.69, 9.17) is 0 Å². The van der Waals surface area contributed by atoms with Crippen LogP contribution in [0, 0.1) is 0 Å². The molecule has 2 rings (SSSR count). The number of amides is 1. The number of nitrogens with one attached hydrogen (secondary N) is 1. The van der Waals surface area contributed by atoms with E-state index in [1.807, 2.05) is 11.9 Å². The highest BCUT2D eigenvalue weighted by molar-refractivity contribution is 5.78. The summed E-state index contributed by atoms with van der Waals surface area (Å²) >= 11 is 0.